The van der Waals surface area contributed by atoms with Crippen molar-refractivity contribution in [1.82, 2.24) is 14.4 Å². The first-order valence-electron chi connectivity index (χ1n) is 7.98. The highest BCUT2D eigenvalue weighted by atomic mass is 35.5. The molecule has 1 aliphatic heterocycles. The number of hydrogen-bond acceptors (Lipinski definition) is 3. The number of imidazole rings is 1. The molecule has 1 saturated heterocycles. The molecule has 0 saturated carbocycles. The van der Waals surface area contributed by atoms with E-state index in [2.05, 4.69) is 21.8 Å². The molecule has 4 nitrogen and oxygen atoms in total. The van der Waals surface area contributed by atoms with Crippen LogP contribution in [0.2, 0.25) is 10.0 Å². The number of nitrogens with zero attached hydrogens (tertiary/aromatic N) is 4. The fourth-order valence-electron chi connectivity index (χ4n) is 3.13. The predicted octanol–water partition coefficient (Wildman–Crippen LogP) is 4.90. The summed E-state index contributed by atoms with van der Waals surface area (Å²) in [5.41, 5.74) is 1.81. The minimum atomic E-state index is 0.522. The Morgan fingerprint density at radius 2 is 1.88 bits per heavy atom. The Hall–Kier alpha value is -1.78. The van der Waals surface area contributed by atoms with Crippen molar-refractivity contribution >= 4 is 34.5 Å². The van der Waals surface area contributed by atoms with Gasteiger partial charge in [0.1, 0.15) is 11.3 Å². The van der Waals surface area contributed by atoms with Crippen LogP contribution >= 0.6 is 23.2 Å². The van der Waals surface area contributed by atoms with Gasteiger partial charge in [-0.25, -0.2) is 9.97 Å². The van der Waals surface area contributed by atoms with E-state index in [4.69, 9.17) is 23.2 Å². The maximum Gasteiger partial charge on any atom is 0.154 e. The van der Waals surface area contributed by atoms with Crippen LogP contribution in [0, 0.1) is 5.92 Å². The molecule has 3 aromatic rings. The molecule has 1 aliphatic rings. The Morgan fingerprint density at radius 1 is 1.08 bits per heavy atom. The van der Waals surface area contributed by atoms with E-state index in [0.29, 0.717) is 10.0 Å². The lowest BCUT2D eigenvalue weighted by Gasteiger charge is -2.31. The lowest BCUT2D eigenvalue weighted by Crippen LogP contribution is -2.33. The highest BCUT2D eigenvalue weighted by Crippen LogP contribution is 2.34. The minimum Gasteiger partial charge on any atom is -0.355 e. The number of aromatic nitrogens is 3. The Labute approximate surface area is 151 Å². The Kier molecular flexibility index (Phi) is 4.10. The third-order valence-electron chi connectivity index (χ3n) is 4.55. The summed E-state index contributed by atoms with van der Waals surface area (Å²) in [4.78, 5) is 11.5. The zero-order chi connectivity index (χ0) is 16.7. The molecule has 1 fully saturated rings. The molecule has 1 aromatic carbocycles. The van der Waals surface area contributed by atoms with Crippen molar-refractivity contribution in [2.24, 2.45) is 0 Å². The number of benzene rings is 1. The van der Waals surface area contributed by atoms with Crippen molar-refractivity contribution in [3.05, 3.63) is 52.8 Å². The Morgan fingerprint density at radius 3 is 2.67 bits per heavy atom. The van der Waals surface area contributed by atoms with Gasteiger partial charge >= 0.3 is 0 Å². The minimum absolute atomic E-state index is 0.522. The normalized spacial score (nSPS) is 16.0. The van der Waals surface area contributed by atoms with E-state index in [-0.39, 0.29) is 0 Å². The number of piperidine rings is 1. The first-order valence-corrected chi connectivity index (χ1v) is 8.73. The van der Waals surface area contributed by atoms with Gasteiger partial charge in [-0.1, -0.05) is 36.2 Å². The van der Waals surface area contributed by atoms with Crippen molar-refractivity contribution in [3.8, 4) is 11.4 Å². The fourth-order valence-corrected chi connectivity index (χ4v) is 3.52. The molecule has 123 valence electrons. The lowest BCUT2D eigenvalue weighted by atomic mass is 9.99. The van der Waals surface area contributed by atoms with Crippen LogP contribution in [-0.2, 0) is 0 Å². The fraction of sp³-hybridized carbons (Fsp3) is 0.278. The zero-order valence-electron chi connectivity index (χ0n) is 13.3. The monoisotopic (exact) mass is 359 g/mol. The third-order valence-corrected chi connectivity index (χ3v) is 5.37. The molecule has 24 heavy (non-hydrogen) atoms. The summed E-state index contributed by atoms with van der Waals surface area (Å²) < 4.78 is 2.03. The summed E-state index contributed by atoms with van der Waals surface area (Å²) in [6.45, 7) is 4.22. The van der Waals surface area contributed by atoms with Gasteiger partial charge in [0, 0.05) is 31.0 Å². The zero-order valence-corrected chi connectivity index (χ0v) is 14.8. The van der Waals surface area contributed by atoms with Gasteiger partial charge in [0.15, 0.2) is 5.82 Å². The second-order valence-corrected chi connectivity index (χ2v) is 6.92. The molecule has 0 bridgehead atoms. The molecular formula is C18H17Cl2N4. The van der Waals surface area contributed by atoms with E-state index in [1.54, 1.807) is 12.0 Å². The molecule has 2 aromatic heterocycles. The van der Waals surface area contributed by atoms with Crippen molar-refractivity contribution in [3.63, 3.8) is 0 Å². The Balaban J connectivity index is 1.81. The van der Waals surface area contributed by atoms with Crippen LogP contribution in [-0.4, -0.2) is 27.5 Å². The van der Waals surface area contributed by atoms with E-state index >= 15 is 0 Å². The van der Waals surface area contributed by atoms with Gasteiger partial charge in [-0.15, -0.1) is 0 Å². The van der Waals surface area contributed by atoms with Crippen LogP contribution in [0.1, 0.15) is 19.8 Å². The molecule has 1 radical (unpaired) electrons. The predicted molar refractivity (Wildman–Crippen MR) is 98.8 cm³/mol. The number of hydrogen-bond donors (Lipinski definition) is 0. The average molecular weight is 360 g/mol. The van der Waals surface area contributed by atoms with Crippen LogP contribution in [0.5, 0.6) is 0 Å². The lowest BCUT2D eigenvalue weighted by molar-refractivity contribution is 0.610. The third kappa shape index (κ3) is 2.64. The quantitative estimate of drug-likeness (QED) is 0.652. The van der Waals surface area contributed by atoms with Crippen molar-refractivity contribution in [2.45, 2.75) is 19.8 Å². The van der Waals surface area contributed by atoms with Gasteiger partial charge in [-0.3, -0.25) is 4.40 Å². The van der Waals surface area contributed by atoms with E-state index < -0.39 is 0 Å². The molecule has 4 rings (SSSR count). The topological polar surface area (TPSA) is 33.4 Å². The number of rotatable bonds is 2. The number of anilines is 1. The van der Waals surface area contributed by atoms with Gasteiger partial charge < -0.3 is 4.90 Å². The van der Waals surface area contributed by atoms with E-state index in [0.717, 1.165) is 48.7 Å². The summed E-state index contributed by atoms with van der Waals surface area (Å²) >= 11 is 12.5. The molecule has 0 N–H and O–H groups in total. The molecule has 3 heterocycles. The first-order chi connectivity index (χ1) is 11.6. The summed E-state index contributed by atoms with van der Waals surface area (Å²) in [6.07, 6.45) is 7.82. The molecule has 0 amide bonds. The maximum atomic E-state index is 6.38. The molecule has 0 aliphatic carbocycles. The van der Waals surface area contributed by atoms with Crippen molar-refractivity contribution in [2.75, 3.05) is 18.0 Å². The molecule has 0 spiro atoms. The van der Waals surface area contributed by atoms with Gasteiger partial charge in [-0.05, 0) is 30.9 Å². The van der Waals surface area contributed by atoms with Crippen LogP contribution < -0.4 is 4.90 Å². The molecule has 0 atom stereocenters. The first kappa shape index (κ1) is 15.7. The standard InChI is InChI=1S/C18H17Cl2N4/c1-12-5-8-23(9-6-12)18-15-11-22-17(24(15)10-7-21-18)13-3-2-4-14(19)16(13)20/h2-4,7,10-11H,5-6,8-9H2,1H3. The smallest absolute Gasteiger partial charge is 0.154 e. The summed E-state index contributed by atoms with van der Waals surface area (Å²) in [5.74, 6) is 3.31. The van der Waals surface area contributed by atoms with Gasteiger partial charge in [-0.2, -0.15) is 0 Å². The van der Waals surface area contributed by atoms with Crippen LogP contribution in [0.15, 0.2) is 36.8 Å². The molecule has 0 unspecified atom stereocenters. The summed E-state index contributed by atoms with van der Waals surface area (Å²) in [6, 6.07) is 5.60. The van der Waals surface area contributed by atoms with E-state index in [1.165, 1.54) is 0 Å². The second-order valence-electron chi connectivity index (χ2n) is 6.13. The number of halogens is 2. The summed E-state index contributed by atoms with van der Waals surface area (Å²) in [7, 11) is 0. The second kappa shape index (κ2) is 6.26. The van der Waals surface area contributed by atoms with E-state index in [1.807, 2.05) is 35.1 Å². The maximum absolute atomic E-state index is 6.38. The molecule has 6 heteroatoms. The van der Waals surface area contributed by atoms with Gasteiger partial charge in [0.05, 0.1) is 16.2 Å². The Bertz CT molecular complexity index is 882. The van der Waals surface area contributed by atoms with Crippen molar-refractivity contribution < 1.29 is 0 Å². The highest BCUT2D eigenvalue weighted by molar-refractivity contribution is 6.43. The van der Waals surface area contributed by atoms with E-state index in [9.17, 15) is 0 Å². The van der Waals surface area contributed by atoms with Crippen LogP contribution in [0.3, 0.4) is 0 Å². The highest BCUT2D eigenvalue weighted by Gasteiger charge is 2.21. The van der Waals surface area contributed by atoms with Crippen LogP contribution in [0.4, 0.5) is 5.82 Å². The van der Waals surface area contributed by atoms with Gasteiger partial charge in [0.2, 0.25) is 0 Å². The SMILES string of the molecule is C[C]1CCN(c2nccn3c(-c4cccc(Cl)c4Cl)ncc23)CC1. The largest absolute Gasteiger partial charge is 0.355 e. The number of fused-ring (bicyclic) bond motifs is 1. The molecular weight excluding hydrogens is 343 g/mol. The van der Waals surface area contributed by atoms with Gasteiger partial charge in [0.25, 0.3) is 0 Å². The average Bonchev–Trinajstić information content (AvgIpc) is 3.02. The summed E-state index contributed by atoms with van der Waals surface area (Å²) in [5, 5.41) is 1.05. The van der Waals surface area contributed by atoms with Crippen LogP contribution in [0.25, 0.3) is 16.9 Å². The van der Waals surface area contributed by atoms with Crippen molar-refractivity contribution in [1.29, 1.82) is 0 Å².